The number of nitrogens with zero attached hydrogens (tertiary/aromatic N) is 2. The highest BCUT2D eigenvalue weighted by Crippen LogP contribution is 2.40. The van der Waals surface area contributed by atoms with Gasteiger partial charge < -0.3 is 8.98 Å². The largest absolute Gasteiger partial charge is 0.464 e. The van der Waals surface area contributed by atoms with Crippen LogP contribution in [0.5, 0.6) is 0 Å². The molecule has 0 spiro atoms. The van der Waals surface area contributed by atoms with Crippen molar-refractivity contribution in [1.82, 2.24) is 9.88 Å². The molecule has 0 radical (unpaired) electrons. The first kappa shape index (κ1) is 19.4. The molecule has 0 atom stereocenters. The van der Waals surface area contributed by atoms with Crippen LogP contribution in [0.25, 0.3) is 33.0 Å². The number of nitrogens with one attached hydrogen (secondary N) is 1. The third-order valence-electron chi connectivity index (χ3n) is 6.25. The van der Waals surface area contributed by atoms with E-state index in [9.17, 15) is 23.6 Å². The molecule has 2 aliphatic rings. The summed E-state index contributed by atoms with van der Waals surface area (Å²) in [6.45, 7) is 0.764. The van der Waals surface area contributed by atoms with E-state index in [1.807, 2.05) is 16.8 Å². The molecule has 6 rings (SSSR count). The van der Waals surface area contributed by atoms with Crippen LogP contribution in [0, 0.1) is 28.9 Å². The first-order valence-corrected chi connectivity index (χ1v) is 10.4. The number of benzene rings is 2. The average Bonchev–Trinajstić information content (AvgIpc) is 3.33. The number of hydrogen-bond acceptors (Lipinski definition) is 4. The molecule has 1 N–H and O–H groups in total. The van der Waals surface area contributed by atoms with Gasteiger partial charge >= 0.3 is 0 Å². The molecule has 8 heteroatoms. The number of halogens is 2. The molecule has 0 unspecified atom stereocenters. The van der Waals surface area contributed by atoms with Crippen LogP contribution in [0.2, 0.25) is 0 Å². The number of furan rings is 1. The van der Waals surface area contributed by atoms with Crippen molar-refractivity contribution in [3.63, 3.8) is 0 Å². The third kappa shape index (κ3) is 2.97. The SMILES string of the molecule is N#Cc1ccc2c(c1)c(C1=C(c3coc4cc(F)c(F)cc34)C(=O)NC1=O)cn2CC1CC1. The minimum absolute atomic E-state index is 0.0255. The summed E-state index contributed by atoms with van der Waals surface area (Å²) < 4.78 is 35.0. The highest BCUT2D eigenvalue weighted by molar-refractivity contribution is 6.50. The van der Waals surface area contributed by atoms with E-state index in [1.165, 1.54) is 6.26 Å². The normalized spacial score (nSPS) is 16.2. The van der Waals surface area contributed by atoms with Crippen LogP contribution >= 0.6 is 0 Å². The van der Waals surface area contributed by atoms with E-state index < -0.39 is 23.4 Å². The Morgan fingerprint density at radius 3 is 2.48 bits per heavy atom. The van der Waals surface area contributed by atoms with Crippen molar-refractivity contribution in [2.45, 2.75) is 19.4 Å². The van der Waals surface area contributed by atoms with Crippen LogP contribution in [0.15, 0.2) is 47.2 Å². The number of imide groups is 1. The summed E-state index contributed by atoms with van der Waals surface area (Å²) in [5.41, 5.74) is 2.16. The number of fused-ring (bicyclic) bond motifs is 2. The lowest BCUT2D eigenvalue weighted by Gasteiger charge is -2.03. The van der Waals surface area contributed by atoms with Crippen molar-refractivity contribution in [3.8, 4) is 6.07 Å². The Balaban J connectivity index is 1.64. The molecule has 1 aliphatic carbocycles. The van der Waals surface area contributed by atoms with Crippen LogP contribution < -0.4 is 5.32 Å². The third-order valence-corrected chi connectivity index (χ3v) is 6.25. The topological polar surface area (TPSA) is 88.0 Å². The maximum atomic E-state index is 14.0. The molecule has 1 saturated carbocycles. The second-order valence-electron chi connectivity index (χ2n) is 8.43. The van der Waals surface area contributed by atoms with Crippen LogP contribution in [0.4, 0.5) is 8.78 Å². The monoisotopic (exact) mass is 443 g/mol. The van der Waals surface area contributed by atoms with Gasteiger partial charge in [-0.1, -0.05) is 0 Å². The molecule has 1 fully saturated rings. The van der Waals surface area contributed by atoms with E-state index in [0.717, 1.165) is 37.0 Å². The minimum atomic E-state index is -1.09. The molecular weight excluding hydrogens is 428 g/mol. The molecule has 4 aromatic rings. The average molecular weight is 443 g/mol. The van der Waals surface area contributed by atoms with Gasteiger partial charge in [-0.3, -0.25) is 14.9 Å². The molecule has 6 nitrogen and oxygen atoms in total. The van der Waals surface area contributed by atoms with Crippen molar-refractivity contribution in [1.29, 1.82) is 5.26 Å². The predicted molar refractivity (Wildman–Crippen MR) is 115 cm³/mol. The Kier molecular flexibility index (Phi) is 4.05. The summed E-state index contributed by atoms with van der Waals surface area (Å²) >= 11 is 0. The quantitative estimate of drug-likeness (QED) is 0.470. The molecule has 162 valence electrons. The first-order chi connectivity index (χ1) is 15.9. The number of hydrogen-bond donors (Lipinski definition) is 1. The highest BCUT2D eigenvalue weighted by Gasteiger charge is 2.36. The summed E-state index contributed by atoms with van der Waals surface area (Å²) in [6.07, 6.45) is 5.30. The van der Waals surface area contributed by atoms with Gasteiger partial charge in [0.05, 0.1) is 29.0 Å². The van der Waals surface area contributed by atoms with E-state index in [2.05, 4.69) is 11.4 Å². The molecule has 1 aliphatic heterocycles. The molecule has 2 aromatic carbocycles. The van der Waals surface area contributed by atoms with Crippen LogP contribution in [-0.4, -0.2) is 16.4 Å². The van der Waals surface area contributed by atoms with Gasteiger partial charge in [0.25, 0.3) is 11.8 Å². The summed E-state index contributed by atoms with van der Waals surface area (Å²) in [4.78, 5) is 25.8. The van der Waals surface area contributed by atoms with E-state index in [1.54, 1.807) is 12.1 Å². The lowest BCUT2D eigenvalue weighted by atomic mass is 9.95. The van der Waals surface area contributed by atoms with E-state index >= 15 is 0 Å². The zero-order chi connectivity index (χ0) is 22.9. The molecule has 0 bridgehead atoms. The van der Waals surface area contributed by atoms with Gasteiger partial charge in [-0.25, -0.2) is 8.78 Å². The fourth-order valence-corrected chi connectivity index (χ4v) is 4.48. The Morgan fingerprint density at radius 2 is 1.76 bits per heavy atom. The van der Waals surface area contributed by atoms with Crippen molar-refractivity contribution in [2.24, 2.45) is 5.92 Å². The molecular formula is C25H15F2N3O3. The van der Waals surface area contributed by atoms with Crippen LogP contribution in [0.1, 0.15) is 29.5 Å². The van der Waals surface area contributed by atoms with Gasteiger partial charge in [0.15, 0.2) is 11.6 Å². The second kappa shape index (κ2) is 6.87. The number of aromatic nitrogens is 1. The van der Waals surface area contributed by atoms with Gasteiger partial charge in [0, 0.05) is 46.2 Å². The maximum absolute atomic E-state index is 14.0. The molecule has 0 saturated heterocycles. The van der Waals surface area contributed by atoms with Crippen molar-refractivity contribution in [3.05, 3.63) is 71.1 Å². The predicted octanol–water partition coefficient (Wildman–Crippen LogP) is 4.51. The fourth-order valence-electron chi connectivity index (χ4n) is 4.48. The second-order valence-corrected chi connectivity index (χ2v) is 8.43. The van der Waals surface area contributed by atoms with Crippen LogP contribution in [-0.2, 0) is 16.1 Å². The van der Waals surface area contributed by atoms with E-state index in [0.29, 0.717) is 22.4 Å². The number of rotatable bonds is 4. The minimum Gasteiger partial charge on any atom is -0.464 e. The lowest BCUT2D eigenvalue weighted by molar-refractivity contribution is -0.122. The van der Waals surface area contributed by atoms with Crippen molar-refractivity contribution in [2.75, 3.05) is 0 Å². The Hall–Kier alpha value is -4.25. The van der Waals surface area contributed by atoms with Crippen molar-refractivity contribution >= 4 is 44.8 Å². The lowest BCUT2D eigenvalue weighted by Crippen LogP contribution is -2.22. The van der Waals surface area contributed by atoms with E-state index in [4.69, 9.17) is 4.42 Å². The zero-order valence-electron chi connectivity index (χ0n) is 17.1. The first-order valence-electron chi connectivity index (χ1n) is 10.4. The van der Waals surface area contributed by atoms with E-state index in [-0.39, 0.29) is 27.7 Å². The Labute approximate surface area is 185 Å². The number of nitriles is 1. The maximum Gasteiger partial charge on any atom is 0.259 e. The Morgan fingerprint density at radius 1 is 1.03 bits per heavy atom. The summed E-state index contributed by atoms with van der Waals surface area (Å²) in [7, 11) is 0. The van der Waals surface area contributed by atoms with Gasteiger partial charge in [-0.05, 0) is 43.0 Å². The molecule has 2 aromatic heterocycles. The van der Waals surface area contributed by atoms with Gasteiger partial charge in [-0.15, -0.1) is 0 Å². The van der Waals surface area contributed by atoms with Crippen LogP contribution in [0.3, 0.4) is 0 Å². The standard InChI is InChI=1S/C25H15F2N3O3/c26-18-6-15-17(11-33-21(15)7-19(18)27)23-22(24(31)29-25(23)32)16-10-30(9-12-1-2-12)20-4-3-13(8-28)5-14(16)20/h3-7,10-12H,1-2,9H2,(H,29,31,32). The number of carbonyl (C=O) groups is 2. The molecule has 2 amide bonds. The van der Waals surface area contributed by atoms with Crippen molar-refractivity contribution < 1.29 is 22.8 Å². The summed E-state index contributed by atoms with van der Waals surface area (Å²) in [5, 5.41) is 12.6. The summed E-state index contributed by atoms with van der Waals surface area (Å²) in [6, 6.07) is 9.21. The molecule has 3 heterocycles. The number of amides is 2. The fraction of sp³-hybridized carbons (Fsp3) is 0.160. The smallest absolute Gasteiger partial charge is 0.259 e. The Bertz CT molecular complexity index is 1600. The van der Waals surface area contributed by atoms with Gasteiger partial charge in [0.2, 0.25) is 0 Å². The van der Waals surface area contributed by atoms with Gasteiger partial charge in [0.1, 0.15) is 5.58 Å². The molecule has 33 heavy (non-hydrogen) atoms. The number of carbonyl (C=O) groups excluding carboxylic acids is 2. The highest BCUT2D eigenvalue weighted by atomic mass is 19.2. The summed E-state index contributed by atoms with van der Waals surface area (Å²) in [5.74, 6) is -2.86. The zero-order valence-corrected chi connectivity index (χ0v) is 17.1. The van der Waals surface area contributed by atoms with Gasteiger partial charge in [-0.2, -0.15) is 5.26 Å².